The highest BCUT2D eigenvalue weighted by Crippen LogP contribution is 2.59. The lowest BCUT2D eigenvalue weighted by Gasteiger charge is -2.52. The average molecular weight is 1590 g/mol. The van der Waals surface area contributed by atoms with Crippen molar-refractivity contribution in [1.82, 2.24) is 9.80 Å². The summed E-state index contributed by atoms with van der Waals surface area (Å²) in [5.41, 5.74) is 3.99. The third kappa shape index (κ3) is 13.1. The van der Waals surface area contributed by atoms with Gasteiger partial charge in [0.15, 0.2) is 4.85 Å². The van der Waals surface area contributed by atoms with Crippen molar-refractivity contribution in [2.24, 2.45) is 0 Å². The van der Waals surface area contributed by atoms with E-state index >= 15 is 0 Å². The van der Waals surface area contributed by atoms with E-state index in [0.717, 1.165) is 56.9 Å². The number of nitrogens with zero attached hydrogens (tertiary/aromatic N) is 2. The molecule has 5 fully saturated rings. The summed E-state index contributed by atoms with van der Waals surface area (Å²) in [4.78, 5) is 3.33. The van der Waals surface area contributed by atoms with Crippen molar-refractivity contribution in [3.63, 3.8) is 0 Å². The predicted octanol–water partition coefficient (Wildman–Crippen LogP) is 11.1. The van der Waals surface area contributed by atoms with Gasteiger partial charge >= 0.3 is 78.0 Å². The maximum atomic E-state index is 9.19. The first-order valence-electron chi connectivity index (χ1n) is 36.3. The highest BCUT2D eigenvalue weighted by Gasteiger charge is 2.91. The Hall–Kier alpha value is -6.76. The normalized spacial score (nSPS) is 31.3. The molecule has 0 saturated carbocycles. The molecule has 11 atom stereocenters. The average Bonchev–Trinajstić information content (AvgIpc) is 1.48. The summed E-state index contributed by atoms with van der Waals surface area (Å²) in [6.45, 7) is 16.5. The van der Waals surface area contributed by atoms with Crippen molar-refractivity contribution in [3.05, 3.63) is 320 Å². The molecule has 7 heterocycles. The Balaban J connectivity index is 1.01. The fourth-order valence-electron chi connectivity index (χ4n) is 15.7. The Morgan fingerprint density at radius 1 is 0.472 bits per heavy atom. The molecule has 0 aromatic heterocycles. The third-order valence-electron chi connectivity index (χ3n) is 20.9. The second kappa shape index (κ2) is 29.2. The molecule has 6 bridgehead atoms. The predicted molar refractivity (Wildman–Crippen MR) is 426 cm³/mol. The Bertz CT molecular complexity index is 4770. The van der Waals surface area contributed by atoms with E-state index in [9.17, 15) is 4.12 Å². The molecule has 106 heavy (non-hydrogen) atoms. The smallest absolute Gasteiger partial charge is 0.478 e. The summed E-state index contributed by atoms with van der Waals surface area (Å²) in [6.07, 6.45) is 2.60. The monoisotopic (exact) mass is 1580 g/mol. The summed E-state index contributed by atoms with van der Waals surface area (Å²) in [5.74, 6) is 1.72. The maximum Gasteiger partial charge on any atom is 0.521 e. The Kier molecular flexibility index (Phi) is 19.9. The van der Waals surface area contributed by atoms with Gasteiger partial charge in [0.25, 0.3) is 0 Å². The van der Waals surface area contributed by atoms with E-state index in [1.807, 2.05) is 188 Å². The molecule has 0 amide bonds. The second-order valence-corrected chi connectivity index (χ2v) is 58.1. The summed E-state index contributed by atoms with van der Waals surface area (Å²) in [7, 11) is -43.0. The molecule has 7 aliphatic rings. The van der Waals surface area contributed by atoms with E-state index in [4.69, 9.17) is 59.5 Å². The van der Waals surface area contributed by atoms with Crippen LogP contribution in [0.4, 0.5) is 0 Å². The van der Waals surface area contributed by atoms with Crippen LogP contribution in [0.1, 0.15) is 41.7 Å². The van der Waals surface area contributed by atoms with Gasteiger partial charge in [-0.2, -0.15) is 0 Å². The first-order chi connectivity index (χ1) is 51.7. The number of rotatable bonds is 19. The van der Waals surface area contributed by atoms with Gasteiger partial charge in [-0.3, -0.25) is 9.80 Å². The van der Waals surface area contributed by atoms with Gasteiger partial charge in [0.1, 0.15) is 25.0 Å². The fourth-order valence-corrected chi connectivity index (χ4v) is 70.7. The van der Waals surface area contributed by atoms with Crippen molar-refractivity contribution in [1.29, 1.82) is 0 Å². The van der Waals surface area contributed by atoms with E-state index < -0.39 is 88.6 Å². The number of ether oxygens (including phenoxy) is 2. The SMILES string of the molecule is C=CCN1COc2ccc(CC[Si]3(C)O[Si]4(c5ccccc5)O[C@@H](C)[Si]5(c6ccccc6)O[Si](C)(CCc6ccc7c(c6)CN(CC)CO7)O[Si]6(c7ccccc7)OC[Si]7(O[Si](c8ccccc8)(OC7(c7ccccc7)[Si](OSc7ccccc7)(c7ccccc7)O6)O3)O[Si](c3ccccc3)(O4)O5)cc2C1. The topological polar surface area (TPSA) is 145 Å². The molecule has 10 aromatic carbocycles. The Morgan fingerprint density at radius 2 is 0.925 bits per heavy atom. The van der Waals surface area contributed by atoms with Crippen LogP contribution in [0.3, 0.4) is 0 Å². The van der Waals surface area contributed by atoms with Gasteiger partial charge in [0.05, 0.1) is 12.0 Å². The van der Waals surface area contributed by atoms with Crippen LogP contribution in [0, 0.1) is 0 Å². The minimum atomic E-state index is -5.19. The van der Waals surface area contributed by atoms with Gasteiger partial charge in [-0.15, -0.1) is 6.58 Å². The summed E-state index contributed by atoms with van der Waals surface area (Å²) in [5, 5.41) is 4.02. The standard InChI is InChI=1S/C79H84N2O15SSi9/c1-6-54-81-60-68-58-66(49-51-78(68)83-62-81)53-56-99(5)90-104(74-42-26-13-27-43-74)85-64(3)101(71-36-20-10-21-37-71)88-98(4,55-52-65-48-50-77-67(57-65)59-80(7-2)61-82-77)89-103(73-40-24-12-25-41-73)84-63-100(93-106(94-101,96-104)76-46-30-15-31-47-76)79(69-32-16-8-17-33-69,86-105(91-99,92-100)75-44-28-14-29-45-75)102(95-103,72-38-22-11-23-39-72)87-97-70-34-18-9-19-35-70/h6,8-51,57-58,64H,1,7,52-56,59-63H2,2-5H3/t64-,79?,98?,99?,100?,101?,102?,103?,104?,105?,106?/m1/s1. The minimum Gasteiger partial charge on any atom is -0.478 e. The summed E-state index contributed by atoms with van der Waals surface area (Å²) >= 11 is 1.22. The summed E-state index contributed by atoms with van der Waals surface area (Å²) < 4.78 is 127. The van der Waals surface area contributed by atoms with Crippen LogP contribution < -0.4 is 40.6 Å². The largest absolute Gasteiger partial charge is 0.521 e. The van der Waals surface area contributed by atoms with E-state index in [0.29, 0.717) is 83.0 Å². The molecular formula is C79H84N2O15SSi9. The van der Waals surface area contributed by atoms with Crippen LogP contribution in [0.25, 0.3) is 0 Å². The summed E-state index contributed by atoms with van der Waals surface area (Å²) in [6, 6.07) is 95.0. The number of hydrogen-bond donors (Lipinski definition) is 0. The molecule has 0 N–H and O–H groups in total. The Morgan fingerprint density at radius 3 is 1.48 bits per heavy atom. The van der Waals surface area contributed by atoms with Crippen LogP contribution in [-0.2, 0) is 85.0 Å². The van der Waals surface area contributed by atoms with E-state index in [-0.39, 0.29) is 6.23 Å². The molecule has 5 saturated heterocycles. The van der Waals surface area contributed by atoms with Crippen LogP contribution >= 0.6 is 12.0 Å². The van der Waals surface area contributed by atoms with Gasteiger partial charge in [0.2, 0.25) is 0 Å². The molecule has 542 valence electrons. The fraction of sp³-hybridized carbons (Fsp3) is 0.215. The molecule has 0 aliphatic carbocycles. The second-order valence-electron chi connectivity index (χ2n) is 28.2. The number of fused-ring (bicyclic) bond motifs is 7. The molecule has 0 radical (unpaired) electrons. The first kappa shape index (κ1) is 72.1. The van der Waals surface area contributed by atoms with Gasteiger partial charge in [0, 0.05) is 68.4 Å². The lowest BCUT2D eigenvalue weighted by atomic mass is 10.1. The number of aryl methyl sites for hydroxylation is 2. The first-order valence-corrected chi connectivity index (χ1v) is 54.8. The van der Waals surface area contributed by atoms with Crippen molar-refractivity contribution in [3.8, 4) is 11.5 Å². The zero-order valence-electron chi connectivity index (χ0n) is 59.6. The number of hydrogen-bond acceptors (Lipinski definition) is 18. The Labute approximate surface area is 634 Å². The molecule has 10 aromatic rings. The lowest BCUT2D eigenvalue weighted by Crippen LogP contribution is -2.83. The molecule has 1 spiro atoms. The molecular weight excluding hydrogens is 1500 g/mol. The van der Waals surface area contributed by atoms with Gasteiger partial charge in [-0.1, -0.05) is 268 Å². The molecule has 17 rings (SSSR count). The van der Waals surface area contributed by atoms with Crippen molar-refractivity contribution < 1.29 is 63.7 Å². The quantitative estimate of drug-likeness (QED) is 0.0429. The molecule has 10 unspecified atom stereocenters. The van der Waals surface area contributed by atoms with E-state index in [1.54, 1.807) is 0 Å². The van der Waals surface area contributed by atoms with Gasteiger partial charge in [-0.25, -0.2) is 0 Å². The zero-order chi connectivity index (χ0) is 72.1. The highest BCUT2D eigenvalue weighted by atomic mass is 32.2. The third-order valence-corrected chi connectivity index (χ3v) is 63.5. The molecule has 27 heteroatoms. The van der Waals surface area contributed by atoms with Gasteiger partial charge in [-0.05, 0) is 103 Å². The molecule has 17 nitrogen and oxygen atoms in total. The van der Waals surface area contributed by atoms with Crippen LogP contribution in [0.2, 0.25) is 25.2 Å². The van der Waals surface area contributed by atoms with E-state index in [2.05, 4.69) is 140 Å². The maximum absolute atomic E-state index is 9.19. The lowest BCUT2D eigenvalue weighted by molar-refractivity contribution is 0.101. The molecule has 7 aliphatic heterocycles. The van der Waals surface area contributed by atoms with Crippen molar-refractivity contribution in [2.75, 3.05) is 32.8 Å². The highest BCUT2D eigenvalue weighted by molar-refractivity contribution is 7.95. The minimum absolute atomic E-state index is 0.304. The van der Waals surface area contributed by atoms with Crippen molar-refractivity contribution >= 4 is 121 Å². The zero-order valence-corrected chi connectivity index (χ0v) is 69.4. The van der Waals surface area contributed by atoms with Crippen LogP contribution in [0.5, 0.6) is 11.5 Å². The van der Waals surface area contributed by atoms with Crippen LogP contribution in [-0.4, -0.2) is 126 Å². The number of benzene rings is 10. The van der Waals surface area contributed by atoms with Gasteiger partial charge < -0.3 is 63.7 Å². The van der Waals surface area contributed by atoms with Crippen LogP contribution in [0.15, 0.2) is 297 Å². The van der Waals surface area contributed by atoms with Crippen molar-refractivity contribution in [2.45, 2.75) is 80.4 Å². The van der Waals surface area contributed by atoms with E-state index in [1.165, 1.54) is 12.0 Å².